The molecule has 3 aliphatic heterocycles. The van der Waals surface area contributed by atoms with Crippen molar-refractivity contribution in [2.75, 3.05) is 48.3 Å². The summed E-state index contributed by atoms with van der Waals surface area (Å²) in [4.78, 5) is 14.5. The predicted octanol–water partition coefficient (Wildman–Crippen LogP) is 3.74. The lowest BCUT2D eigenvalue weighted by molar-refractivity contribution is -0.0430. The molecule has 0 amide bonds. The standard InChI is InChI=1S/C26H30F2N6O2S/c27-24(28)17-5-6-22-21(13-17)25(33-9-7-19(29)16-33)32-26(31-22)34-10-12-37(35,30-14-20-8-11-36-20)23-4-2-1-3-18(23)15-34/h1-6,13,19-20,24H,7-12,14-16,29H2/t19-,20?,37?/m0/s1. The van der Waals surface area contributed by atoms with Gasteiger partial charge in [0.15, 0.2) is 0 Å². The summed E-state index contributed by atoms with van der Waals surface area (Å²) >= 11 is 0. The summed E-state index contributed by atoms with van der Waals surface area (Å²) in [5, 5.41) is 0.588. The van der Waals surface area contributed by atoms with Gasteiger partial charge in [0.2, 0.25) is 5.95 Å². The molecule has 37 heavy (non-hydrogen) atoms. The van der Waals surface area contributed by atoms with Gasteiger partial charge in [-0.2, -0.15) is 4.98 Å². The number of anilines is 2. The maximum atomic E-state index is 14.1. The molecule has 2 saturated heterocycles. The molecule has 8 nitrogen and oxygen atoms in total. The smallest absolute Gasteiger partial charge is 0.263 e. The van der Waals surface area contributed by atoms with Crippen LogP contribution in [0.15, 0.2) is 51.7 Å². The molecule has 0 radical (unpaired) electrons. The SMILES string of the molecule is N[C@H]1CCN(c2nc(N3CCS(=O)(=NCC4CCO4)c4ccccc4C3)nc3ccc(C(F)F)cc23)C1. The highest BCUT2D eigenvalue weighted by molar-refractivity contribution is 7.93. The normalized spacial score (nSPS) is 25.7. The maximum Gasteiger partial charge on any atom is 0.263 e. The number of ether oxygens (including phenoxy) is 1. The minimum absolute atomic E-state index is 0.00255. The number of nitrogens with two attached hydrogens (primary N) is 1. The fourth-order valence-corrected chi connectivity index (χ4v) is 7.32. The van der Waals surface area contributed by atoms with E-state index in [4.69, 9.17) is 20.4 Å². The lowest BCUT2D eigenvalue weighted by Crippen LogP contribution is -2.31. The summed E-state index contributed by atoms with van der Waals surface area (Å²) in [6.45, 7) is 3.37. The van der Waals surface area contributed by atoms with Crippen LogP contribution in [0.4, 0.5) is 20.5 Å². The Balaban J connectivity index is 1.41. The Morgan fingerprint density at radius 1 is 1.14 bits per heavy atom. The van der Waals surface area contributed by atoms with Gasteiger partial charge in [0.25, 0.3) is 6.43 Å². The second-order valence-corrected chi connectivity index (χ2v) is 12.3. The third kappa shape index (κ3) is 4.75. The molecular weight excluding hydrogens is 498 g/mol. The minimum Gasteiger partial charge on any atom is -0.376 e. The molecule has 2 unspecified atom stereocenters. The molecule has 3 aromatic rings. The number of alkyl halides is 2. The summed E-state index contributed by atoms with van der Waals surface area (Å²) in [6, 6.07) is 12.2. The monoisotopic (exact) mass is 528 g/mol. The molecule has 196 valence electrons. The minimum atomic E-state index is -2.65. The first-order valence-electron chi connectivity index (χ1n) is 12.6. The van der Waals surface area contributed by atoms with Gasteiger partial charge in [-0.1, -0.05) is 24.3 Å². The van der Waals surface area contributed by atoms with Crippen LogP contribution in [0.3, 0.4) is 0 Å². The van der Waals surface area contributed by atoms with Crippen LogP contribution in [0.1, 0.15) is 30.4 Å². The first kappa shape index (κ1) is 24.4. The highest BCUT2D eigenvalue weighted by Gasteiger charge is 2.29. The Kier molecular flexibility index (Phi) is 6.46. The lowest BCUT2D eigenvalue weighted by atomic mass is 10.1. The zero-order valence-electron chi connectivity index (χ0n) is 20.4. The van der Waals surface area contributed by atoms with E-state index in [0.717, 1.165) is 29.9 Å². The summed E-state index contributed by atoms with van der Waals surface area (Å²) < 4.78 is 51.3. The van der Waals surface area contributed by atoms with E-state index in [-0.39, 0.29) is 17.7 Å². The van der Waals surface area contributed by atoms with E-state index in [1.54, 1.807) is 6.07 Å². The van der Waals surface area contributed by atoms with Crippen molar-refractivity contribution in [2.45, 2.75) is 42.9 Å². The van der Waals surface area contributed by atoms with Gasteiger partial charge in [0.05, 0.1) is 38.5 Å². The molecule has 0 aliphatic carbocycles. The average Bonchev–Trinajstić information content (AvgIpc) is 3.24. The number of hydrogen-bond acceptors (Lipinski definition) is 8. The average molecular weight is 529 g/mol. The van der Waals surface area contributed by atoms with Gasteiger partial charge in [-0.15, -0.1) is 0 Å². The third-order valence-corrected chi connectivity index (χ3v) is 9.73. The van der Waals surface area contributed by atoms with Crippen LogP contribution in [0.25, 0.3) is 10.9 Å². The number of fused-ring (bicyclic) bond motifs is 2. The second-order valence-electron chi connectivity index (χ2n) is 9.89. The van der Waals surface area contributed by atoms with Crippen molar-refractivity contribution in [3.8, 4) is 0 Å². The first-order valence-corrected chi connectivity index (χ1v) is 14.3. The Hall–Kier alpha value is -2.89. The highest BCUT2D eigenvalue weighted by Crippen LogP contribution is 2.34. The quantitative estimate of drug-likeness (QED) is 0.539. The van der Waals surface area contributed by atoms with Crippen LogP contribution in [-0.4, -0.2) is 64.9 Å². The van der Waals surface area contributed by atoms with E-state index in [0.29, 0.717) is 61.1 Å². The largest absolute Gasteiger partial charge is 0.376 e. The van der Waals surface area contributed by atoms with E-state index in [2.05, 4.69) is 9.26 Å². The van der Waals surface area contributed by atoms with Gasteiger partial charge in [-0.25, -0.2) is 22.3 Å². The van der Waals surface area contributed by atoms with Gasteiger partial charge in [-0.05, 0) is 36.6 Å². The number of benzene rings is 2. The van der Waals surface area contributed by atoms with Crippen molar-refractivity contribution >= 4 is 32.4 Å². The van der Waals surface area contributed by atoms with E-state index in [9.17, 15) is 13.0 Å². The number of aromatic nitrogens is 2. The number of halogens is 2. The van der Waals surface area contributed by atoms with Crippen LogP contribution in [-0.2, 0) is 21.0 Å². The van der Waals surface area contributed by atoms with Crippen LogP contribution >= 0.6 is 0 Å². The molecule has 2 aromatic carbocycles. The zero-order chi connectivity index (χ0) is 25.6. The summed E-state index contributed by atoms with van der Waals surface area (Å²) in [5.74, 6) is 1.43. The molecule has 4 heterocycles. The molecule has 1 aromatic heterocycles. The molecule has 0 saturated carbocycles. The maximum absolute atomic E-state index is 14.1. The van der Waals surface area contributed by atoms with Crippen molar-refractivity contribution < 1.29 is 17.7 Å². The van der Waals surface area contributed by atoms with Gasteiger partial charge < -0.3 is 20.3 Å². The number of hydrogen-bond donors (Lipinski definition) is 1. The van der Waals surface area contributed by atoms with Crippen molar-refractivity contribution in [1.82, 2.24) is 9.97 Å². The van der Waals surface area contributed by atoms with Gasteiger partial charge in [-0.3, -0.25) is 0 Å². The first-order chi connectivity index (χ1) is 17.9. The van der Waals surface area contributed by atoms with Crippen LogP contribution in [0.5, 0.6) is 0 Å². The van der Waals surface area contributed by atoms with Gasteiger partial charge >= 0.3 is 0 Å². The van der Waals surface area contributed by atoms with Crippen molar-refractivity contribution in [1.29, 1.82) is 0 Å². The number of rotatable bonds is 5. The van der Waals surface area contributed by atoms with Crippen molar-refractivity contribution in [3.63, 3.8) is 0 Å². The van der Waals surface area contributed by atoms with E-state index >= 15 is 0 Å². The van der Waals surface area contributed by atoms with Gasteiger partial charge in [0.1, 0.15) is 5.82 Å². The third-order valence-electron chi connectivity index (χ3n) is 7.34. The molecule has 6 rings (SSSR count). The van der Waals surface area contributed by atoms with Crippen molar-refractivity contribution in [3.05, 3.63) is 53.6 Å². The van der Waals surface area contributed by atoms with Crippen LogP contribution in [0.2, 0.25) is 0 Å². The van der Waals surface area contributed by atoms with Gasteiger partial charge in [0, 0.05) is 49.8 Å². The molecule has 3 atom stereocenters. The van der Waals surface area contributed by atoms with E-state index in [1.807, 2.05) is 29.2 Å². The molecule has 2 fully saturated rings. The Morgan fingerprint density at radius 2 is 1.97 bits per heavy atom. The van der Waals surface area contributed by atoms with Crippen molar-refractivity contribution in [2.24, 2.45) is 10.1 Å². The summed E-state index contributed by atoms with van der Waals surface area (Å²) in [6.07, 6.45) is -0.794. The molecule has 3 aliphatic rings. The van der Waals surface area contributed by atoms with E-state index in [1.165, 1.54) is 12.1 Å². The number of nitrogens with zero attached hydrogens (tertiary/aromatic N) is 5. The molecule has 0 spiro atoms. The fourth-order valence-electron chi connectivity index (χ4n) is 5.13. The summed E-state index contributed by atoms with van der Waals surface area (Å²) in [7, 11) is -2.65. The molecule has 0 bridgehead atoms. The predicted molar refractivity (Wildman–Crippen MR) is 140 cm³/mol. The Labute approximate surface area is 215 Å². The topological polar surface area (TPSA) is 96.9 Å². The molecule has 11 heteroatoms. The zero-order valence-corrected chi connectivity index (χ0v) is 21.2. The van der Waals surface area contributed by atoms with Crippen LogP contribution < -0.4 is 15.5 Å². The lowest BCUT2D eigenvalue weighted by Gasteiger charge is -2.25. The fraction of sp³-hybridized carbons (Fsp3) is 0.462. The van der Waals surface area contributed by atoms with E-state index < -0.39 is 16.2 Å². The Bertz CT molecular complexity index is 1440. The highest BCUT2D eigenvalue weighted by atomic mass is 32.2. The Morgan fingerprint density at radius 3 is 2.70 bits per heavy atom. The van der Waals surface area contributed by atoms with Crippen LogP contribution in [0, 0.1) is 0 Å². The second kappa shape index (κ2) is 9.77. The molecule has 2 N–H and O–H groups in total. The summed E-state index contributed by atoms with van der Waals surface area (Å²) in [5.41, 5.74) is 7.62. The molecular formula is C26H30F2N6O2S.